The molecule has 2 rings (SSSR count). The van der Waals surface area contributed by atoms with Crippen LogP contribution in [0.1, 0.15) is 25.7 Å². The first-order valence-electron chi connectivity index (χ1n) is 6.87. The highest BCUT2D eigenvalue weighted by Gasteiger charge is 2.24. The number of hydrogen-bond acceptors (Lipinski definition) is 4. The lowest BCUT2D eigenvalue weighted by atomic mass is 9.90. The fourth-order valence-electron chi connectivity index (χ4n) is 2.84. The van der Waals surface area contributed by atoms with Gasteiger partial charge in [0, 0.05) is 31.3 Å². The second-order valence-corrected chi connectivity index (χ2v) is 5.71. The number of nitro groups is 1. The standard InChI is InChI=1S/C14H20ClN3O2/c1-16-10-3-5-11(6-4-10)17(2)14-8-7-12(18(19)20)9-13(14)15/h7-11,16H,3-6H2,1-2H3. The van der Waals surface area contributed by atoms with Crippen molar-refractivity contribution in [3.8, 4) is 0 Å². The largest absolute Gasteiger partial charge is 0.370 e. The molecule has 0 aromatic heterocycles. The maximum absolute atomic E-state index is 10.7. The summed E-state index contributed by atoms with van der Waals surface area (Å²) >= 11 is 6.19. The summed E-state index contributed by atoms with van der Waals surface area (Å²) in [5.74, 6) is 0. The van der Waals surface area contributed by atoms with Crippen LogP contribution in [0.2, 0.25) is 5.02 Å². The fraction of sp³-hybridized carbons (Fsp3) is 0.571. The zero-order valence-corrected chi connectivity index (χ0v) is 12.6. The van der Waals surface area contributed by atoms with E-state index >= 15 is 0 Å². The third-order valence-corrected chi connectivity index (χ3v) is 4.48. The minimum Gasteiger partial charge on any atom is -0.370 e. The molecule has 1 saturated carbocycles. The number of anilines is 1. The van der Waals surface area contributed by atoms with Crippen LogP contribution >= 0.6 is 11.6 Å². The lowest BCUT2D eigenvalue weighted by Gasteiger charge is -2.36. The van der Waals surface area contributed by atoms with Gasteiger partial charge in [-0.3, -0.25) is 10.1 Å². The molecule has 0 heterocycles. The first kappa shape index (κ1) is 15.1. The van der Waals surface area contributed by atoms with E-state index in [-0.39, 0.29) is 5.69 Å². The molecule has 0 spiro atoms. The second-order valence-electron chi connectivity index (χ2n) is 5.30. The Morgan fingerprint density at radius 1 is 1.35 bits per heavy atom. The lowest BCUT2D eigenvalue weighted by Crippen LogP contribution is -2.39. The molecule has 0 saturated heterocycles. The summed E-state index contributed by atoms with van der Waals surface area (Å²) < 4.78 is 0. The first-order valence-corrected chi connectivity index (χ1v) is 7.24. The van der Waals surface area contributed by atoms with E-state index < -0.39 is 4.92 Å². The van der Waals surface area contributed by atoms with Crippen molar-refractivity contribution in [2.24, 2.45) is 0 Å². The normalized spacial score (nSPS) is 22.6. The zero-order valence-electron chi connectivity index (χ0n) is 11.8. The van der Waals surface area contributed by atoms with Gasteiger partial charge in [-0.15, -0.1) is 0 Å². The highest BCUT2D eigenvalue weighted by Crippen LogP contribution is 2.33. The van der Waals surface area contributed by atoms with Gasteiger partial charge in [-0.2, -0.15) is 0 Å². The van der Waals surface area contributed by atoms with Crippen molar-refractivity contribution >= 4 is 23.0 Å². The Morgan fingerprint density at radius 2 is 2.00 bits per heavy atom. The number of hydrogen-bond donors (Lipinski definition) is 1. The Morgan fingerprint density at radius 3 is 2.50 bits per heavy atom. The summed E-state index contributed by atoms with van der Waals surface area (Å²) in [6.45, 7) is 0. The van der Waals surface area contributed by atoms with Gasteiger partial charge >= 0.3 is 0 Å². The van der Waals surface area contributed by atoms with E-state index in [1.54, 1.807) is 6.07 Å². The molecule has 1 aromatic carbocycles. The van der Waals surface area contributed by atoms with Crippen molar-refractivity contribution in [2.45, 2.75) is 37.8 Å². The van der Waals surface area contributed by atoms with Crippen LogP contribution in [0.3, 0.4) is 0 Å². The van der Waals surface area contributed by atoms with Crippen LogP contribution in [0, 0.1) is 10.1 Å². The van der Waals surface area contributed by atoms with Crippen molar-refractivity contribution in [1.82, 2.24) is 5.32 Å². The smallest absolute Gasteiger partial charge is 0.271 e. The Hall–Kier alpha value is -1.33. The lowest BCUT2D eigenvalue weighted by molar-refractivity contribution is -0.384. The predicted molar refractivity (Wildman–Crippen MR) is 81.6 cm³/mol. The van der Waals surface area contributed by atoms with Gasteiger partial charge < -0.3 is 10.2 Å². The van der Waals surface area contributed by atoms with E-state index in [2.05, 4.69) is 10.2 Å². The monoisotopic (exact) mass is 297 g/mol. The average Bonchev–Trinajstić information content (AvgIpc) is 2.46. The van der Waals surface area contributed by atoms with Crippen LogP contribution in [-0.4, -0.2) is 31.1 Å². The Kier molecular flexibility index (Phi) is 4.83. The minimum absolute atomic E-state index is 0.0334. The van der Waals surface area contributed by atoms with E-state index in [0.717, 1.165) is 31.4 Å². The van der Waals surface area contributed by atoms with Gasteiger partial charge in [0.15, 0.2) is 0 Å². The number of nitrogens with one attached hydrogen (secondary N) is 1. The summed E-state index contributed by atoms with van der Waals surface area (Å²) in [6.07, 6.45) is 4.51. The molecule has 1 N–H and O–H groups in total. The van der Waals surface area contributed by atoms with Crippen LogP contribution < -0.4 is 10.2 Å². The van der Waals surface area contributed by atoms with Crippen molar-refractivity contribution < 1.29 is 4.92 Å². The van der Waals surface area contributed by atoms with E-state index in [4.69, 9.17) is 11.6 Å². The highest BCUT2D eigenvalue weighted by atomic mass is 35.5. The second kappa shape index (κ2) is 6.41. The van der Waals surface area contributed by atoms with Gasteiger partial charge in [0.1, 0.15) is 0 Å². The molecular formula is C14H20ClN3O2. The summed E-state index contributed by atoms with van der Waals surface area (Å²) in [5.41, 5.74) is 0.899. The summed E-state index contributed by atoms with van der Waals surface area (Å²) in [5, 5.41) is 14.5. The van der Waals surface area contributed by atoms with Crippen molar-refractivity contribution in [3.05, 3.63) is 33.3 Å². The number of non-ortho nitro benzene ring substituents is 1. The fourth-order valence-corrected chi connectivity index (χ4v) is 3.15. The Balaban J connectivity index is 2.09. The van der Waals surface area contributed by atoms with Crippen LogP contribution in [0.5, 0.6) is 0 Å². The van der Waals surface area contributed by atoms with Crippen LogP contribution in [-0.2, 0) is 0 Å². The molecule has 20 heavy (non-hydrogen) atoms. The molecule has 0 bridgehead atoms. The van der Waals surface area contributed by atoms with E-state index in [9.17, 15) is 10.1 Å². The zero-order chi connectivity index (χ0) is 14.7. The molecule has 110 valence electrons. The molecule has 0 radical (unpaired) electrons. The van der Waals surface area contributed by atoms with Crippen LogP contribution in [0.15, 0.2) is 18.2 Å². The molecule has 0 atom stereocenters. The van der Waals surface area contributed by atoms with Gasteiger partial charge in [-0.05, 0) is 38.8 Å². The summed E-state index contributed by atoms with van der Waals surface area (Å²) in [6, 6.07) is 5.72. The maximum Gasteiger partial charge on any atom is 0.271 e. The van der Waals surface area contributed by atoms with Gasteiger partial charge in [-0.1, -0.05) is 11.6 Å². The minimum atomic E-state index is -0.423. The van der Waals surface area contributed by atoms with Crippen molar-refractivity contribution in [1.29, 1.82) is 0 Å². The number of benzene rings is 1. The van der Waals surface area contributed by atoms with E-state index in [1.165, 1.54) is 12.1 Å². The molecule has 5 nitrogen and oxygen atoms in total. The quantitative estimate of drug-likeness (QED) is 0.685. The molecular weight excluding hydrogens is 278 g/mol. The van der Waals surface area contributed by atoms with Crippen LogP contribution in [0.25, 0.3) is 0 Å². The van der Waals surface area contributed by atoms with Crippen LogP contribution in [0.4, 0.5) is 11.4 Å². The molecule has 6 heteroatoms. The van der Waals surface area contributed by atoms with E-state index in [0.29, 0.717) is 17.1 Å². The maximum atomic E-state index is 10.7. The molecule has 1 aliphatic carbocycles. The third-order valence-electron chi connectivity index (χ3n) is 4.17. The van der Waals surface area contributed by atoms with Crippen molar-refractivity contribution in [2.75, 3.05) is 19.0 Å². The molecule has 1 fully saturated rings. The number of halogens is 1. The molecule has 0 aliphatic heterocycles. The Bertz CT molecular complexity index is 487. The molecule has 0 unspecified atom stereocenters. The number of nitro benzene ring substituents is 1. The summed E-state index contributed by atoms with van der Waals surface area (Å²) in [7, 11) is 4.01. The Labute approximate surface area is 124 Å². The van der Waals surface area contributed by atoms with Gasteiger partial charge in [0.2, 0.25) is 0 Å². The van der Waals surface area contributed by atoms with E-state index in [1.807, 2.05) is 14.1 Å². The average molecular weight is 298 g/mol. The van der Waals surface area contributed by atoms with Gasteiger partial charge in [-0.25, -0.2) is 0 Å². The molecule has 0 amide bonds. The van der Waals surface area contributed by atoms with Gasteiger partial charge in [0.25, 0.3) is 5.69 Å². The highest BCUT2D eigenvalue weighted by molar-refractivity contribution is 6.33. The van der Waals surface area contributed by atoms with Gasteiger partial charge in [0.05, 0.1) is 15.6 Å². The summed E-state index contributed by atoms with van der Waals surface area (Å²) in [4.78, 5) is 12.5. The van der Waals surface area contributed by atoms with Crippen molar-refractivity contribution in [3.63, 3.8) is 0 Å². The molecule has 1 aromatic rings. The number of nitrogens with zero attached hydrogens (tertiary/aromatic N) is 2. The SMILES string of the molecule is CNC1CCC(N(C)c2ccc([N+](=O)[O-])cc2Cl)CC1. The predicted octanol–water partition coefficient (Wildman–Crippen LogP) is 3.22. The topological polar surface area (TPSA) is 58.4 Å². The first-order chi connectivity index (χ1) is 9.52. The third kappa shape index (κ3) is 3.22. The number of rotatable bonds is 4. The molecule has 1 aliphatic rings.